The predicted molar refractivity (Wildman–Crippen MR) is 74.5 cm³/mol. The van der Waals surface area contributed by atoms with Crippen molar-refractivity contribution in [2.24, 2.45) is 4.52 Å². The predicted octanol–water partition coefficient (Wildman–Crippen LogP) is 3.52. The van der Waals surface area contributed by atoms with E-state index in [1.807, 2.05) is 22.5 Å². The average molecular weight is 266 g/mol. The highest BCUT2D eigenvalue weighted by molar-refractivity contribution is 7.95. The van der Waals surface area contributed by atoms with Crippen molar-refractivity contribution in [3.63, 3.8) is 0 Å². The normalized spacial score (nSPS) is 10.3. The Kier molecular flexibility index (Phi) is 8.08. The van der Waals surface area contributed by atoms with E-state index in [-0.39, 0.29) is 6.61 Å². The van der Waals surface area contributed by atoms with Gasteiger partial charge in [-0.25, -0.2) is 4.31 Å². The quantitative estimate of drug-likeness (QED) is 0.244. The first-order valence-corrected chi connectivity index (χ1v) is 6.71. The number of hydrogen-bond donors (Lipinski definition) is 1. The first kappa shape index (κ1) is 14.9. The summed E-state index contributed by atoms with van der Waals surface area (Å²) in [7, 11) is 0. The molecule has 0 saturated heterocycles. The fraction of sp³-hybridized carbons (Fsp3) is 0.500. The van der Waals surface area contributed by atoms with Crippen molar-refractivity contribution in [2.45, 2.75) is 25.8 Å². The summed E-state index contributed by atoms with van der Waals surface area (Å²) < 4.78 is 5.58. The number of benzene rings is 1. The Morgan fingerprint density at radius 1 is 1.22 bits per heavy atom. The van der Waals surface area contributed by atoms with Crippen LogP contribution in [0.2, 0.25) is 0 Å². The molecule has 0 aliphatic rings. The molecule has 0 aromatic heterocycles. The second kappa shape index (κ2) is 9.79. The van der Waals surface area contributed by atoms with Crippen LogP contribution in [-0.2, 0) is 6.54 Å². The van der Waals surface area contributed by atoms with Crippen molar-refractivity contribution in [3.05, 3.63) is 46.3 Å². The van der Waals surface area contributed by atoms with Gasteiger partial charge in [0.1, 0.15) is 0 Å². The molecule has 1 aromatic carbocycles. The lowest BCUT2D eigenvalue weighted by atomic mass is 10.2. The van der Waals surface area contributed by atoms with E-state index < -0.39 is 0 Å². The van der Waals surface area contributed by atoms with Crippen LogP contribution >= 0.6 is 12.1 Å². The largest absolute Gasteiger partial charge is 0.396 e. The second-order valence-electron chi connectivity index (χ2n) is 3.89. The Bertz CT molecular complexity index is 368. The van der Waals surface area contributed by atoms with Gasteiger partial charge in [-0.15, -0.1) is 0 Å². The van der Waals surface area contributed by atoms with Gasteiger partial charge >= 0.3 is 0 Å². The molecule has 0 fully saturated rings. The van der Waals surface area contributed by atoms with E-state index in [1.54, 1.807) is 0 Å². The number of azide groups is 1. The summed E-state index contributed by atoms with van der Waals surface area (Å²) in [5.41, 5.74) is 9.56. The van der Waals surface area contributed by atoms with E-state index in [9.17, 15) is 0 Å². The summed E-state index contributed by atoms with van der Waals surface area (Å²) in [4.78, 5) is 2.77. The van der Waals surface area contributed by atoms with Crippen molar-refractivity contribution >= 4 is 12.1 Å². The summed E-state index contributed by atoms with van der Waals surface area (Å²) in [6, 6.07) is 10.1. The number of unbranched alkanes of at least 4 members (excludes halogenated alkanes) is 2. The average Bonchev–Trinajstić information content (AvgIpc) is 2.41. The molecule has 0 atom stereocenters. The molecule has 0 amide bonds. The maximum absolute atomic E-state index is 8.72. The minimum absolute atomic E-state index is 0.238. The van der Waals surface area contributed by atoms with Crippen LogP contribution in [0.5, 0.6) is 0 Å². The summed E-state index contributed by atoms with van der Waals surface area (Å²) >= 11 is 1.15. The lowest BCUT2D eigenvalue weighted by Gasteiger charge is -2.18. The fourth-order valence-electron chi connectivity index (χ4n) is 1.58. The van der Waals surface area contributed by atoms with E-state index in [0.717, 1.165) is 44.5 Å². The Hall–Kier alpha value is -1.20. The lowest BCUT2D eigenvalue weighted by Crippen LogP contribution is -2.15. The molecule has 0 heterocycles. The molecule has 5 nitrogen and oxygen atoms in total. The summed E-state index contributed by atoms with van der Waals surface area (Å²) in [5.74, 6) is 0. The maximum Gasteiger partial charge on any atom is 0.0431 e. The fourth-order valence-corrected chi connectivity index (χ4v) is 2.13. The number of aliphatic hydroxyl groups excluding tert-OH is 1. The zero-order chi connectivity index (χ0) is 13.1. The van der Waals surface area contributed by atoms with E-state index in [4.69, 9.17) is 10.6 Å². The van der Waals surface area contributed by atoms with Gasteiger partial charge in [-0.2, -0.15) is 0 Å². The highest BCUT2D eigenvalue weighted by Crippen LogP contribution is 2.17. The third-order valence-electron chi connectivity index (χ3n) is 2.46. The van der Waals surface area contributed by atoms with Crippen LogP contribution in [0.25, 0.3) is 10.4 Å². The molecule has 98 valence electrons. The maximum atomic E-state index is 8.72. The molecule has 6 heteroatoms. The van der Waals surface area contributed by atoms with Crippen LogP contribution in [0.1, 0.15) is 24.8 Å². The van der Waals surface area contributed by atoms with E-state index in [1.165, 1.54) is 5.56 Å². The smallest absolute Gasteiger partial charge is 0.0431 e. The highest BCUT2D eigenvalue weighted by atomic mass is 32.2. The van der Waals surface area contributed by atoms with Gasteiger partial charge in [-0.05, 0) is 34.9 Å². The molecule has 0 aliphatic carbocycles. The zero-order valence-corrected chi connectivity index (χ0v) is 11.1. The first-order chi connectivity index (χ1) is 8.86. The summed E-state index contributed by atoms with van der Waals surface area (Å²) in [5, 5.41) is 8.72. The summed E-state index contributed by atoms with van der Waals surface area (Å²) in [6.07, 6.45) is 2.80. The molecule has 0 spiro atoms. The number of nitrogens with zero attached hydrogens (tertiary/aromatic N) is 4. The van der Waals surface area contributed by atoms with Crippen molar-refractivity contribution in [2.75, 3.05) is 13.2 Å². The number of rotatable bonds is 9. The van der Waals surface area contributed by atoms with Gasteiger partial charge in [-0.1, -0.05) is 30.3 Å². The monoisotopic (exact) mass is 266 g/mol. The molecule has 0 radical (unpaired) electrons. The molecule has 0 saturated carbocycles. The van der Waals surface area contributed by atoms with Crippen molar-refractivity contribution in [3.8, 4) is 0 Å². The SMILES string of the molecule is [N-]=[N+]=NSN(CCCCCO)Cc1ccccc1. The van der Waals surface area contributed by atoms with Gasteiger partial charge < -0.3 is 5.11 Å². The lowest BCUT2D eigenvalue weighted by molar-refractivity contribution is 0.280. The van der Waals surface area contributed by atoms with Gasteiger partial charge in [0.15, 0.2) is 0 Å². The Morgan fingerprint density at radius 2 is 2.00 bits per heavy atom. The minimum atomic E-state index is 0.238. The molecular formula is C12H18N4OS. The van der Waals surface area contributed by atoms with Crippen LogP contribution < -0.4 is 0 Å². The third kappa shape index (κ3) is 6.51. The number of hydrogen-bond acceptors (Lipinski definition) is 4. The number of aliphatic hydroxyl groups is 1. The zero-order valence-electron chi connectivity index (χ0n) is 10.3. The second-order valence-corrected chi connectivity index (χ2v) is 4.73. The Labute approximate surface area is 112 Å². The molecule has 18 heavy (non-hydrogen) atoms. The first-order valence-electron chi connectivity index (χ1n) is 5.98. The Morgan fingerprint density at radius 3 is 2.67 bits per heavy atom. The van der Waals surface area contributed by atoms with E-state index in [0.29, 0.717) is 0 Å². The van der Waals surface area contributed by atoms with Crippen molar-refractivity contribution in [1.29, 1.82) is 0 Å². The molecule has 0 aliphatic heterocycles. The van der Waals surface area contributed by atoms with Crippen LogP contribution in [-0.4, -0.2) is 22.6 Å². The molecule has 1 N–H and O–H groups in total. The van der Waals surface area contributed by atoms with Crippen LogP contribution in [0.15, 0.2) is 34.9 Å². The van der Waals surface area contributed by atoms with Crippen LogP contribution in [0.3, 0.4) is 0 Å². The minimum Gasteiger partial charge on any atom is -0.396 e. The van der Waals surface area contributed by atoms with Gasteiger partial charge in [0, 0.05) is 36.7 Å². The van der Waals surface area contributed by atoms with Crippen LogP contribution in [0.4, 0.5) is 0 Å². The van der Waals surface area contributed by atoms with Gasteiger partial charge in [-0.3, -0.25) is 0 Å². The van der Waals surface area contributed by atoms with E-state index in [2.05, 4.69) is 21.6 Å². The van der Waals surface area contributed by atoms with Crippen molar-refractivity contribution in [1.82, 2.24) is 4.31 Å². The molecule has 1 rings (SSSR count). The Balaban J connectivity index is 2.42. The van der Waals surface area contributed by atoms with Gasteiger partial charge in [0.2, 0.25) is 0 Å². The van der Waals surface area contributed by atoms with Gasteiger partial charge in [0.25, 0.3) is 0 Å². The molecule has 0 bridgehead atoms. The molecule has 0 unspecified atom stereocenters. The topological polar surface area (TPSA) is 72.2 Å². The van der Waals surface area contributed by atoms with Crippen molar-refractivity contribution < 1.29 is 5.11 Å². The highest BCUT2D eigenvalue weighted by Gasteiger charge is 2.05. The molecule has 1 aromatic rings. The third-order valence-corrected chi connectivity index (χ3v) is 3.14. The van der Waals surface area contributed by atoms with Crippen LogP contribution in [0, 0.1) is 0 Å². The standard InChI is InChI=1S/C12H18N4OS/c13-14-15-18-16(9-5-2-6-10-17)11-12-7-3-1-4-8-12/h1,3-4,7-8,17H,2,5-6,9-11H2. The van der Waals surface area contributed by atoms with Gasteiger partial charge in [0.05, 0.1) is 0 Å². The molecular weight excluding hydrogens is 248 g/mol. The van der Waals surface area contributed by atoms with E-state index >= 15 is 0 Å². The summed E-state index contributed by atoms with van der Waals surface area (Å²) in [6.45, 7) is 1.84.